The van der Waals surface area contributed by atoms with Crippen molar-refractivity contribution in [2.75, 3.05) is 13.1 Å². The Hall–Kier alpha value is -0.680. The van der Waals surface area contributed by atoms with Gasteiger partial charge in [0.2, 0.25) is 5.88 Å². The lowest BCUT2D eigenvalue weighted by atomic mass is 10.3. The Kier molecular flexibility index (Phi) is 0.906. The molecular formula is C7H7BrN2O2. The SMILES string of the molecule is [2H]c1c(Br)nnc(OC2([2H])C([2H])([2H])OC2([2H])[2H])c1[2H]. The Labute approximate surface area is 87.9 Å². The van der Waals surface area contributed by atoms with Crippen LogP contribution in [0.25, 0.3) is 0 Å². The zero-order valence-corrected chi connectivity index (χ0v) is 7.17. The van der Waals surface area contributed by atoms with Gasteiger partial charge in [-0.05, 0) is 22.0 Å². The third kappa shape index (κ3) is 1.73. The number of hydrogen-bond donors (Lipinski definition) is 0. The number of ether oxygens (including phenoxy) is 2. The van der Waals surface area contributed by atoms with Gasteiger partial charge >= 0.3 is 0 Å². The Morgan fingerprint density at radius 2 is 2.58 bits per heavy atom. The monoisotopic (exact) mass is 237 g/mol. The fourth-order valence-electron chi connectivity index (χ4n) is 0.521. The molecule has 4 nitrogen and oxygen atoms in total. The minimum absolute atomic E-state index is 0.0141. The van der Waals surface area contributed by atoms with Crippen molar-refractivity contribution in [3.8, 4) is 5.88 Å². The lowest BCUT2D eigenvalue weighted by Crippen LogP contribution is -2.38. The van der Waals surface area contributed by atoms with Crippen LogP contribution >= 0.6 is 15.9 Å². The Balaban J connectivity index is 2.39. The van der Waals surface area contributed by atoms with E-state index in [1.54, 1.807) is 0 Å². The molecule has 0 saturated carbocycles. The average molecular weight is 238 g/mol. The van der Waals surface area contributed by atoms with E-state index < -0.39 is 31.1 Å². The van der Waals surface area contributed by atoms with E-state index in [2.05, 4.69) is 30.9 Å². The fourth-order valence-corrected chi connectivity index (χ4v) is 0.700. The minimum atomic E-state index is -2.73. The first-order valence-electron chi connectivity index (χ1n) is 6.40. The summed E-state index contributed by atoms with van der Waals surface area (Å²) >= 11 is 2.88. The fraction of sp³-hybridized carbons (Fsp3) is 0.429. The molecule has 1 aliphatic heterocycles. The predicted molar refractivity (Wildman–Crippen MR) is 45.0 cm³/mol. The van der Waals surface area contributed by atoms with Gasteiger partial charge in [0.05, 0.1) is 22.7 Å². The zero-order valence-electron chi connectivity index (χ0n) is 12.6. The van der Waals surface area contributed by atoms with Gasteiger partial charge in [0.1, 0.15) is 10.7 Å². The highest BCUT2D eigenvalue weighted by Crippen LogP contribution is 2.13. The molecule has 0 radical (unpaired) electrons. The van der Waals surface area contributed by atoms with Crippen molar-refractivity contribution in [3.63, 3.8) is 0 Å². The molecule has 5 heteroatoms. The number of halogens is 1. The Morgan fingerprint density at radius 1 is 1.75 bits per heavy atom. The van der Waals surface area contributed by atoms with Gasteiger partial charge in [-0.2, -0.15) is 0 Å². The first-order valence-corrected chi connectivity index (χ1v) is 3.70. The first-order chi connectivity index (χ1) is 8.52. The van der Waals surface area contributed by atoms with Crippen molar-refractivity contribution in [1.29, 1.82) is 0 Å². The standard InChI is InChI=1S/C7H7BrN2O2/c8-6-1-2-7(10-9-6)12-5-3-11-4-5/h1-2,5H,3-4H2/i1D,2D,3D2,4D2,5D. The number of hydrogen-bond acceptors (Lipinski definition) is 4. The summed E-state index contributed by atoms with van der Waals surface area (Å²) in [7, 11) is 0. The van der Waals surface area contributed by atoms with Crippen LogP contribution in [-0.2, 0) is 4.74 Å². The van der Waals surface area contributed by atoms with E-state index >= 15 is 0 Å². The second-order valence-electron chi connectivity index (χ2n) is 1.78. The molecule has 1 saturated heterocycles. The van der Waals surface area contributed by atoms with E-state index in [9.17, 15) is 0 Å². The highest BCUT2D eigenvalue weighted by atomic mass is 79.9. The third-order valence-electron chi connectivity index (χ3n) is 0.987. The zero-order chi connectivity index (χ0) is 14.6. The molecular weight excluding hydrogens is 224 g/mol. The van der Waals surface area contributed by atoms with Crippen molar-refractivity contribution >= 4 is 15.9 Å². The van der Waals surface area contributed by atoms with Crippen LogP contribution in [0.2, 0.25) is 0 Å². The topological polar surface area (TPSA) is 44.2 Å². The van der Waals surface area contributed by atoms with E-state index in [4.69, 9.17) is 14.3 Å². The lowest BCUT2D eigenvalue weighted by Gasteiger charge is -2.25. The molecule has 1 aliphatic rings. The summed E-state index contributed by atoms with van der Waals surface area (Å²) in [5.74, 6) is -0.612. The molecule has 0 unspecified atom stereocenters. The van der Waals surface area contributed by atoms with Crippen LogP contribution in [-0.4, -0.2) is 29.4 Å². The molecule has 0 aliphatic carbocycles. The smallest absolute Gasteiger partial charge is 0.233 e. The number of nitrogens with zero attached hydrogens (tertiary/aromatic N) is 2. The Morgan fingerprint density at radius 3 is 3.33 bits per heavy atom. The molecule has 64 valence electrons. The quantitative estimate of drug-likeness (QED) is 0.771. The molecule has 0 atom stereocenters. The van der Waals surface area contributed by atoms with Crippen LogP contribution < -0.4 is 4.74 Å². The maximum Gasteiger partial charge on any atom is 0.233 e. The van der Waals surface area contributed by atoms with Gasteiger partial charge in [0.25, 0.3) is 0 Å². The van der Waals surface area contributed by atoms with Gasteiger partial charge in [-0.1, -0.05) is 0 Å². The third-order valence-corrected chi connectivity index (χ3v) is 1.34. The van der Waals surface area contributed by atoms with E-state index in [0.29, 0.717) is 0 Å². The van der Waals surface area contributed by atoms with Gasteiger partial charge in [-0.15, -0.1) is 10.2 Å². The molecule has 1 aromatic rings. The van der Waals surface area contributed by atoms with Gasteiger partial charge in [0.15, 0.2) is 0 Å². The van der Waals surface area contributed by atoms with E-state index in [-0.39, 0.29) is 10.6 Å². The van der Waals surface area contributed by atoms with E-state index in [1.807, 2.05) is 0 Å². The van der Waals surface area contributed by atoms with Crippen LogP contribution in [0.4, 0.5) is 0 Å². The van der Waals surface area contributed by atoms with Crippen molar-refractivity contribution in [1.82, 2.24) is 10.2 Å². The van der Waals surface area contributed by atoms with Crippen LogP contribution in [0.15, 0.2) is 16.7 Å². The van der Waals surface area contributed by atoms with E-state index in [0.717, 1.165) is 0 Å². The van der Waals surface area contributed by atoms with Gasteiger partial charge < -0.3 is 9.47 Å². The van der Waals surface area contributed by atoms with Gasteiger partial charge in [-0.25, -0.2) is 0 Å². The number of rotatable bonds is 2. The van der Waals surface area contributed by atoms with Crippen molar-refractivity contribution < 1.29 is 19.1 Å². The lowest BCUT2D eigenvalue weighted by molar-refractivity contribution is -0.0816. The summed E-state index contributed by atoms with van der Waals surface area (Å²) < 4.78 is 61.1. The second-order valence-corrected chi connectivity index (χ2v) is 2.53. The Bertz CT molecular complexity index is 526. The van der Waals surface area contributed by atoms with Crippen molar-refractivity contribution in [2.24, 2.45) is 0 Å². The molecule has 2 rings (SSSR count). The average Bonchev–Trinajstić information content (AvgIpc) is 2.28. The highest BCUT2D eigenvalue weighted by molar-refractivity contribution is 9.10. The molecule has 1 aromatic heterocycles. The van der Waals surface area contributed by atoms with Gasteiger partial charge in [-0.3, -0.25) is 0 Å². The van der Waals surface area contributed by atoms with Crippen LogP contribution in [0.3, 0.4) is 0 Å². The maximum atomic E-state index is 7.70. The normalized spacial score (nSPS) is 36.6. The predicted octanol–water partition coefficient (Wildman–Crippen LogP) is 1.02. The summed E-state index contributed by atoms with van der Waals surface area (Å²) in [5, 5.41) is 6.84. The molecule has 2 heterocycles. The highest BCUT2D eigenvalue weighted by Gasteiger charge is 2.20. The molecule has 0 amide bonds. The van der Waals surface area contributed by atoms with Crippen molar-refractivity contribution in [3.05, 3.63) is 16.7 Å². The maximum absolute atomic E-state index is 7.70. The molecule has 12 heavy (non-hydrogen) atoms. The summed E-state index contributed by atoms with van der Waals surface area (Å²) in [6.07, 6.45) is -2.73. The van der Waals surface area contributed by atoms with Crippen LogP contribution in [0.1, 0.15) is 9.60 Å². The molecule has 0 N–H and O–H groups in total. The molecule has 0 aromatic carbocycles. The largest absolute Gasteiger partial charge is 0.468 e. The van der Waals surface area contributed by atoms with E-state index in [1.165, 1.54) is 0 Å². The summed E-state index contributed by atoms with van der Waals surface area (Å²) in [4.78, 5) is 0. The van der Waals surface area contributed by atoms with Crippen molar-refractivity contribution in [2.45, 2.75) is 6.08 Å². The molecule has 0 spiro atoms. The number of aromatic nitrogens is 2. The summed E-state index contributed by atoms with van der Waals surface area (Å²) in [6, 6.07) is -0.901. The minimum Gasteiger partial charge on any atom is -0.468 e. The molecule has 0 bridgehead atoms. The van der Waals surface area contributed by atoms with Crippen LogP contribution in [0.5, 0.6) is 5.88 Å². The molecule has 1 fully saturated rings. The summed E-state index contributed by atoms with van der Waals surface area (Å²) in [5.41, 5.74) is 0. The van der Waals surface area contributed by atoms with Crippen LogP contribution in [0, 0.1) is 0 Å². The second kappa shape index (κ2) is 3.37. The summed E-state index contributed by atoms with van der Waals surface area (Å²) in [6.45, 7) is -5.42. The first kappa shape index (κ1) is 3.23. The van der Waals surface area contributed by atoms with Gasteiger partial charge in [0, 0.05) is 6.04 Å².